The number of aryl methyl sites for hydroxylation is 2. The number of methoxy groups -OCH3 is 1. The Bertz CT molecular complexity index is 622. The van der Waals surface area contributed by atoms with E-state index in [-0.39, 0.29) is 5.97 Å². The summed E-state index contributed by atoms with van der Waals surface area (Å²) >= 11 is 1.67. The monoisotopic (exact) mass is 303 g/mol. The summed E-state index contributed by atoms with van der Waals surface area (Å²) in [4.78, 5) is 13.5. The van der Waals surface area contributed by atoms with Crippen molar-refractivity contribution < 1.29 is 9.53 Å². The quantitative estimate of drug-likeness (QED) is 0.859. The van der Waals surface area contributed by atoms with Gasteiger partial charge in [-0.15, -0.1) is 11.3 Å². The van der Waals surface area contributed by atoms with E-state index in [4.69, 9.17) is 4.74 Å². The molecule has 1 aromatic heterocycles. The summed E-state index contributed by atoms with van der Waals surface area (Å²) in [6.07, 6.45) is 0. The van der Waals surface area contributed by atoms with Crippen molar-refractivity contribution in [1.29, 1.82) is 0 Å². The number of ether oxygens (including phenoxy) is 1. The molecule has 0 amide bonds. The predicted molar refractivity (Wildman–Crippen MR) is 86.4 cm³/mol. The van der Waals surface area contributed by atoms with Crippen molar-refractivity contribution in [2.75, 3.05) is 7.11 Å². The number of hydrogen-bond donors (Lipinski definition) is 1. The third-order valence-corrected chi connectivity index (χ3v) is 4.59. The lowest BCUT2D eigenvalue weighted by molar-refractivity contribution is -0.148. The van der Waals surface area contributed by atoms with E-state index in [0.717, 1.165) is 11.1 Å². The molecule has 0 aliphatic heterocycles. The maximum absolute atomic E-state index is 12.3. The largest absolute Gasteiger partial charge is 0.467 e. The summed E-state index contributed by atoms with van der Waals surface area (Å²) in [5.41, 5.74) is 2.37. The summed E-state index contributed by atoms with van der Waals surface area (Å²) in [5, 5.41) is 5.39. The van der Waals surface area contributed by atoms with Gasteiger partial charge in [0.1, 0.15) is 5.54 Å². The topological polar surface area (TPSA) is 38.3 Å². The Morgan fingerprint density at radius 3 is 2.67 bits per heavy atom. The molecule has 3 nitrogen and oxygen atoms in total. The smallest absolute Gasteiger partial charge is 0.330 e. The zero-order chi connectivity index (χ0) is 15.5. The van der Waals surface area contributed by atoms with E-state index < -0.39 is 5.54 Å². The highest BCUT2D eigenvalue weighted by Gasteiger charge is 2.37. The van der Waals surface area contributed by atoms with Gasteiger partial charge in [0.15, 0.2) is 0 Å². The molecule has 112 valence electrons. The van der Waals surface area contributed by atoms with Crippen LogP contribution in [0.25, 0.3) is 0 Å². The van der Waals surface area contributed by atoms with Crippen molar-refractivity contribution in [2.24, 2.45) is 0 Å². The Hall–Kier alpha value is -1.65. The molecule has 0 aliphatic carbocycles. The Morgan fingerprint density at radius 1 is 1.33 bits per heavy atom. The number of nitrogens with one attached hydrogen (secondary N) is 1. The summed E-state index contributed by atoms with van der Waals surface area (Å²) in [7, 11) is 1.43. The van der Waals surface area contributed by atoms with Crippen LogP contribution in [0.1, 0.15) is 28.5 Å². The molecule has 0 saturated heterocycles. The van der Waals surface area contributed by atoms with E-state index in [1.165, 1.54) is 17.6 Å². The highest BCUT2D eigenvalue weighted by Crippen LogP contribution is 2.27. The van der Waals surface area contributed by atoms with E-state index in [2.05, 4.69) is 17.4 Å². The first kappa shape index (κ1) is 15.7. The molecule has 0 radical (unpaired) electrons. The van der Waals surface area contributed by atoms with Crippen LogP contribution in [0.5, 0.6) is 0 Å². The molecule has 2 aromatic rings. The van der Waals surface area contributed by atoms with Crippen LogP contribution in [0, 0.1) is 13.8 Å². The fourth-order valence-electron chi connectivity index (χ4n) is 2.53. The number of carbonyl (C=O) groups is 1. The van der Waals surface area contributed by atoms with Gasteiger partial charge in [0.05, 0.1) is 7.11 Å². The average Bonchev–Trinajstić information content (AvgIpc) is 2.97. The maximum Gasteiger partial charge on any atom is 0.330 e. The van der Waals surface area contributed by atoms with E-state index in [0.29, 0.717) is 6.54 Å². The summed E-state index contributed by atoms with van der Waals surface area (Å²) in [6, 6.07) is 10.2. The van der Waals surface area contributed by atoms with Crippen LogP contribution in [0.15, 0.2) is 35.7 Å². The highest BCUT2D eigenvalue weighted by atomic mass is 32.1. The van der Waals surface area contributed by atoms with E-state index in [9.17, 15) is 4.79 Å². The SMILES string of the molecule is COC(=O)C(C)(NCc1cccs1)c1ccc(C)cc1C. The molecular formula is C17H21NO2S. The normalized spacial score (nSPS) is 13.7. The van der Waals surface area contributed by atoms with Crippen LogP contribution >= 0.6 is 11.3 Å². The van der Waals surface area contributed by atoms with Gasteiger partial charge >= 0.3 is 5.97 Å². The molecule has 1 atom stereocenters. The Morgan fingerprint density at radius 2 is 2.10 bits per heavy atom. The molecule has 1 aromatic carbocycles. The molecule has 2 rings (SSSR count). The minimum atomic E-state index is -0.851. The minimum absolute atomic E-state index is 0.272. The standard InChI is InChI=1S/C17H21NO2S/c1-12-7-8-15(13(2)10-12)17(3,16(19)20-4)18-11-14-6-5-9-21-14/h5-10,18H,11H2,1-4H3. The summed E-state index contributed by atoms with van der Waals surface area (Å²) < 4.78 is 5.03. The molecule has 0 fully saturated rings. The molecule has 0 bridgehead atoms. The molecule has 4 heteroatoms. The molecule has 0 spiro atoms. The highest BCUT2D eigenvalue weighted by molar-refractivity contribution is 7.09. The van der Waals surface area contributed by atoms with Gasteiger partial charge in [-0.05, 0) is 43.3 Å². The van der Waals surface area contributed by atoms with Crippen molar-refractivity contribution in [3.8, 4) is 0 Å². The molecule has 0 saturated carbocycles. The summed E-state index contributed by atoms with van der Waals surface area (Å²) in [6.45, 7) is 6.59. The third-order valence-electron chi connectivity index (χ3n) is 3.71. The molecule has 21 heavy (non-hydrogen) atoms. The molecule has 1 unspecified atom stereocenters. The number of rotatable bonds is 5. The lowest BCUT2D eigenvalue weighted by Crippen LogP contribution is -2.47. The fraction of sp³-hybridized carbons (Fsp3) is 0.353. The van der Waals surface area contributed by atoms with Crippen LogP contribution in [0.3, 0.4) is 0 Å². The van der Waals surface area contributed by atoms with Gasteiger partial charge in [-0.2, -0.15) is 0 Å². The first-order valence-electron chi connectivity index (χ1n) is 6.91. The average molecular weight is 303 g/mol. The lowest BCUT2D eigenvalue weighted by Gasteiger charge is -2.30. The van der Waals surface area contributed by atoms with E-state index in [1.54, 1.807) is 11.3 Å². The van der Waals surface area contributed by atoms with Gasteiger partial charge in [0.2, 0.25) is 0 Å². The summed E-state index contributed by atoms with van der Waals surface area (Å²) in [5.74, 6) is -0.272. The Balaban J connectivity index is 2.34. The maximum atomic E-state index is 12.3. The van der Waals surface area contributed by atoms with Crippen molar-refractivity contribution in [3.63, 3.8) is 0 Å². The third kappa shape index (κ3) is 3.34. The molecule has 1 N–H and O–H groups in total. The van der Waals surface area contributed by atoms with Gasteiger partial charge < -0.3 is 4.74 Å². The van der Waals surface area contributed by atoms with Gasteiger partial charge in [0, 0.05) is 11.4 Å². The zero-order valence-corrected chi connectivity index (χ0v) is 13.7. The Kier molecular flexibility index (Phi) is 4.80. The van der Waals surface area contributed by atoms with Gasteiger partial charge in [-0.25, -0.2) is 4.79 Å². The van der Waals surface area contributed by atoms with Gasteiger partial charge in [0.25, 0.3) is 0 Å². The van der Waals surface area contributed by atoms with Crippen molar-refractivity contribution in [2.45, 2.75) is 32.9 Å². The van der Waals surface area contributed by atoms with Crippen LogP contribution in [0.4, 0.5) is 0 Å². The van der Waals surface area contributed by atoms with Crippen LogP contribution < -0.4 is 5.32 Å². The number of thiophene rings is 1. The van der Waals surface area contributed by atoms with Crippen LogP contribution in [0.2, 0.25) is 0 Å². The number of benzene rings is 1. The number of esters is 1. The first-order chi connectivity index (χ1) is 9.97. The van der Waals surface area contributed by atoms with Crippen molar-refractivity contribution >= 4 is 17.3 Å². The second kappa shape index (κ2) is 6.41. The van der Waals surface area contributed by atoms with Crippen molar-refractivity contribution in [1.82, 2.24) is 5.32 Å². The van der Waals surface area contributed by atoms with Gasteiger partial charge in [-0.3, -0.25) is 5.32 Å². The number of carbonyl (C=O) groups excluding carboxylic acids is 1. The number of hydrogen-bond acceptors (Lipinski definition) is 4. The van der Waals surface area contributed by atoms with Gasteiger partial charge in [-0.1, -0.05) is 29.8 Å². The lowest BCUT2D eigenvalue weighted by atomic mass is 9.87. The fourth-order valence-corrected chi connectivity index (χ4v) is 3.18. The predicted octanol–water partition coefficient (Wildman–Crippen LogP) is 3.54. The Labute approximate surface area is 130 Å². The van der Waals surface area contributed by atoms with E-state index in [1.807, 2.05) is 44.4 Å². The molecule has 0 aliphatic rings. The molecule has 1 heterocycles. The zero-order valence-electron chi connectivity index (χ0n) is 12.9. The second-order valence-corrected chi connectivity index (χ2v) is 6.40. The van der Waals surface area contributed by atoms with Crippen molar-refractivity contribution in [3.05, 3.63) is 57.3 Å². The molecular weight excluding hydrogens is 282 g/mol. The van der Waals surface area contributed by atoms with E-state index >= 15 is 0 Å². The minimum Gasteiger partial charge on any atom is -0.467 e. The first-order valence-corrected chi connectivity index (χ1v) is 7.79. The van der Waals surface area contributed by atoms with Crippen LogP contribution in [-0.4, -0.2) is 13.1 Å². The van der Waals surface area contributed by atoms with Crippen LogP contribution in [-0.2, 0) is 21.6 Å². The second-order valence-electron chi connectivity index (χ2n) is 5.37.